The number of rotatable bonds is 7. The van der Waals surface area contributed by atoms with Gasteiger partial charge in [0.1, 0.15) is 26.6 Å². The van der Waals surface area contributed by atoms with Gasteiger partial charge in [0.15, 0.2) is 0 Å². The van der Waals surface area contributed by atoms with Crippen LogP contribution in [0.2, 0.25) is 0 Å². The second kappa shape index (κ2) is 9.20. The van der Waals surface area contributed by atoms with Crippen molar-refractivity contribution in [3.63, 3.8) is 0 Å². The van der Waals surface area contributed by atoms with Crippen LogP contribution in [0.1, 0.15) is 22.6 Å². The van der Waals surface area contributed by atoms with Crippen LogP contribution in [0.5, 0.6) is 0 Å². The summed E-state index contributed by atoms with van der Waals surface area (Å²) in [6.07, 6.45) is 1.05. The molecule has 0 bridgehead atoms. The maximum absolute atomic E-state index is 13.3. The van der Waals surface area contributed by atoms with Gasteiger partial charge in [-0.15, -0.1) is 22.9 Å². The van der Waals surface area contributed by atoms with Crippen LogP contribution in [0.4, 0.5) is 16.4 Å². The first-order valence-corrected chi connectivity index (χ1v) is 11.0. The lowest BCUT2D eigenvalue weighted by atomic mass is 10.2. The Balaban J connectivity index is 1.86. The van der Waals surface area contributed by atoms with E-state index < -0.39 is 5.56 Å². The first-order valence-electron chi connectivity index (χ1n) is 9.66. The summed E-state index contributed by atoms with van der Waals surface area (Å²) >= 11 is 6.96. The highest BCUT2D eigenvalue weighted by Crippen LogP contribution is 2.35. The zero-order chi connectivity index (χ0) is 21.8. The first-order chi connectivity index (χ1) is 15.1. The number of aryl methyl sites for hydroxylation is 1. The maximum Gasteiger partial charge on any atom is 0.289 e. The molecule has 0 aliphatic rings. The molecule has 2 aromatic heterocycles. The molecule has 0 unspecified atom stereocenters. The van der Waals surface area contributed by atoms with Crippen LogP contribution in [-0.2, 0) is 6.42 Å². The molecule has 4 rings (SSSR count). The summed E-state index contributed by atoms with van der Waals surface area (Å²) in [4.78, 5) is 30.8. The normalized spacial score (nSPS) is 10.9. The minimum absolute atomic E-state index is 0.303. The Bertz CT molecular complexity index is 1270. The molecule has 0 saturated heterocycles. The molecule has 1 amide bonds. The molecule has 0 spiro atoms. The van der Waals surface area contributed by atoms with Crippen molar-refractivity contribution in [2.75, 3.05) is 22.4 Å². The van der Waals surface area contributed by atoms with Crippen LogP contribution in [-0.4, -0.2) is 21.4 Å². The number of nitrogen functional groups attached to an aromatic ring is 1. The van der Waals surface area contributed by atoms with Gasteiger partial charge < -0.3 is 16.5 Å². The second-order valence-corrected chi connectivity index (χ2v) is 8.19. The van der Waals surface area contributed by atoms with Gasteiger partial charge in [-0.3, -0.25) is 9.59 Å². The highest BCUT2D eigenvalue weighted by atomic mass is 35.5. The van der Waals surface area contributed by atoms with Crippen LogP contribution in [0.25, 0.3) is 10.2 Å². The lowest BCUT2D eigenvalue weighted by Gasteiger charge is -2.10. The molecule has 31 heavy (non-hydrogen) atoms. The highest BCUT2D eigenvalue weighted by Gasteiger charge is 2.24. The van der Waals surface area contributed by atoms with Crippen molar-refractivity contribution in [1.29, 1.82) is 0 Å². The Morgan fingerprint density at radius 3 is 2.35 bits per heavy atom. The minimum atomic E-state index is -0.394. The van der Waals surface area contributed by atoms with E-state index in [0.29, 0.717) is 51.0 Å². The summed E-state index contributed by atoms with van der Waals surface area (Å²) < 4.78 is 1.35. The number of nitrogens with zero attached hydrogens (tertiary/aromatic N) is 2. The van der Waals surface area contributed by atoms with Crippen LogP contribution in [0, 0.1) is 0 Å². The van der Waals surface area contributed by atoms with Gasteiger partial charge in [0.25, 0.3) is 11.5 Å². The summed E-state index contributed by atoms with van der Waals surface area (Å²) in [5.74, 6) is 6.43. The molecule has 0 radical (unpaired) electrons. The van der Waals surface area contributed by atoms with Crippen LogP contribution in [0.15, 0.2) is 65.5 Å². The predicted octanol–water partition coefficient (Wildman–Crippen LogP) is 4.34. The maximum atomic E-state index is 13.3. The molecule has 158 valence electrons. The van der Waals surface area contributed by atoms with Crippen molar-refractivity contribution in [2.45, 2.75) is 12.8 Å². The Morgan fingerprint density at radius 1 is 1.06 bits per heavy atom. The molecule has 2 aromatic carbocycles. The van der Waals surface area contributed by atoms with Crippen molar-refractivity contribution >= 4 is 55.4 Å². The van der Waals surface area contributed by atoms with Gasteiger partial charge in [0.2, 0.25) is 0 Å². The number of thiophene rings is 1. The first kappa shape index (κ1) is 20.9. The van der Waals surface area contributed by atoms with Crippen LogP contribution < -0.4 is 22.0 Å². The number of benzene rings is 2. The molecule has 0 saturated carbocycles. The molecule has 0 aliphatic carbocycles. The molecular weight excluding hydrogens is 434 g/mol. The van der Waals surface area contributed by atoms with Gasteiger partial charge in [-0.05, 0) is 30.7 Å². The van der Waals surface area contributed by atoms with Crippen molar-refractivity contribution in [3.05, 3.63) is 82.4 Å². The zero-order valence-corrected chi connectivity index (χ0v) is 18.0. The number of carbonyl (C=O) groups is 1. The Kier molecular flexibility index (Phi) is 6.20. The van der Waals surface area contributed by atoms with E-state index in [0.717, 1.165) is 21.7 Å². The van der Waals surface area contributed by atoms with Crippen molar-refractivity contribution in [2.24, 2.45) is 0 Å². The van der Waals surface area contributed by atoms with E-state index in [2.05, 4.69) is 15.6 Å². The summed E-state index contributed by atoms with van der Waals surface area (Å²) in [6, 6.07) is 18.5. The molecule has 2 heterocycles. The second-order valence-electron chi connectivity index (χ2n) is 6.79. The average Bonchev–Trinajstić information content (AvgIpc) is 3.14. The predicted molar refractivity (Wildman–Crippen MR) is 127 cm³/mol. The molecular formula is C22H20ClN5O2S. The third kappa shape index (κ3) is 4.40. The quantitative estimate of drug-likeness (QED) is 0.285. The van der Waals surface area contributed by atoms with Gasteiger partial charge in [-0.25, -0.2) is 9.66 Å². The molecule has 0 fully saturated rings. The number of alkyl halides is 1. The zero-order valence-electron chi connectivity index (χ0n) is 16.5. The van der Waals surface area contributed by atoms with Gasteiger partial charge in [-0.2, -0.15) is 0 Å². The fourth-order valence-corrected chi connectivity index (χ4v) is 4.38. The highest BCUT2D eigenvalue weighted by molar-refractivity contribution is 7.23. The van der Waals surface area contributed by atoms with E-state index in [4.69, 9.17) is 17.4 Å². The minimum Gasteiger partial charge on any atom is -0.346 e. The van der Waals surface area contributed by atoms with E-state index in [1.165, 1.54) is 0 Å². The Labute approximate surface area is 187 Å². The number of anilines is 3. The number of hydrogen-bond acceptors (Lipinski definition) is 6. The van der Waals surface area contributed by atoms with Crippen molar-refractivity contribution in [3.8, 4) is 0 Å². The number of para-hydroxylation sites is 2. The largest absolute Gasteiger partial charge is 0.346 e. The summed E-state index contributed by atoms with van der Waals surface area (Å²) in [5, 5.41) is 6.65. The fourth-order valence-electron chi connectivity index (χ4n) is 3.15. The molecule has 4 aromatic rings. The molecule has 9 heteroatoms. The number of carbonyl (C=O) groups excluding carboxylic acids is 1. The number of nitrogens with one attached hydrogen (secondary N) is 2. The van der Waals surface area contributed by atoms with Gasteiger partial charge >= 0.3 is 0 Å². The molecule has 0 atom stereocenters. The van der Waals surface area contributed by atoms with Gasteiger partial charge in [-0.1, -0.05) is 36.4 Å². The Hall–Kier alpha value is -3.36. The summed E-state index contributed by atoms with van der Waals surface area (Å²) in [5.41, 5.74) is 1.67. The smallest absolute Gasteiger partial charge is 0.289 e. The Morgan fingerprint density at radius 2 is 1.71 bits per heavy atom. The number of nitrogens with two attached hydrogens (primary N) is 1. The SMILES string of the molecule is Nn1c(CCCCl)nc2c(C(=O)Nc3ccccc3)c(Nc3ccccc3)sc2c1=O. The van der Waals surface area contributed by atoms with E-state index in [9.17, 15) is 9.59 Å². The standard InChI is InChI=1S/C22H20ClN5O2S/c23-13-7-12-16-27-18-17(20(29)25-14-8-3-1-4-9-14)21(26-15-10-5-2-6-11-15)31-19(18)22(30)28(16)24/h1-6,8-11,26H,7,12-13,24H2,(H,25,29). The van der Waals surface area contributed by atoms with Crippen LogP contribution in [0.3, 0.4) is 0 Å². The summed E-state index contributed by atoms with van der Waals surface area (Å²) in [6.45, 7) is 0. The van der Waals surface area contributed by atoms with Gasteiger partial charge in [0.05, 0.1) is 0 Å². The number of amides is 1. The number of fused-ring (bicyclic) bond motifs is 1. The van der Waals surface area contributed by atoms with E-state index in [1.54, 1.807) is 12.1 Å². The topological polar surface area (TPSA) is 102 Å². The number of aromatic nitrogens is 2. The van der Waals surface area contributed by atoms with E-state index >= 15 is 0 Å². The van der Waals surface area contributed by atoms with Crippen LogP contribution >= 0.6 is 22.9 Å². The number of halogens is 1. The molecule has 4 N–H and O–H groups in total. The third-order valence-corrected chi connectivity index (χ3v) is 5.99. The average molecular weight is 454 g/mol. The third-order valence-electron chi connectivity index (χ3n) is 4.64. The van der Waals surface area contributed by atoms with E-state index in [-0.39, 0.29) is 5.91 Å². The number of hydrogen-bond donors (Lipinski definition) is 3. The summed E-state index contributed by atoms with van der Waals surface area (Å²) in [7, 11) is 0. The van der Waals surface area contributed by atoms with E-state index in [1.807, 2.05) is 48.5 Å². The van der Waals surface area contributed by atoms with Gasteiger partial charge in [0, 0.05) is 23.7 Å². The molecule has 0 aliphatic heterocycles. The van der Waals surface area contributed by atoms with Crippen molar-refractivity contribution in [1.82, 2.24) is 9.66 Å². The van der Waals surface area contributed by atoms with Crippen molar-refractivity contribution < 1.29 is 4.79 Å². The molecule has 7 nitrogen and oxygen atoms in total. The fraction of sp³-hybridized carbons (Fsp3) is 0.136. The monoisotopic (exact) mass is 453 g/mol. The lowest BCUT2D eigenvalue weighted by Crippen LogP contribution is -2.31. The lowest BCUT2D eigenvalue weighted by molar-refractivity contribution is 0.102.